The summed E-state index contributed by atoms with van der Waals surface area (Å²) < 4.78 is 10.6. The summed E-state index contributed by atoms with van der Waals surface area (Å²) in [7, 11) is 0. The molecule has 28 heavy (non-hydrogen) atoms. The number of ether oxygens (including phenoxy) is 2. The fraction of sp³-hybridized carbons (Fsp3) is 0.318. The Bertz CT molecular complexity index is 859. The van der Waals surface area contributed by atoms with Gasteiger partial charge in [-0.1, -0.05) is 18.2 Å². The monoisotopic (exact) mass is 381 g/mol. The predicted molar refractivity (Wildman–Crippen MR) is 105 cm³/mol. The van der Waals surface area contributed by atoms with E-state index >= 15 is 0 Å². The third-order valence-electron chi connectivity index (χ3n) is 4.60. The van der Waals surface area contributed by atoms with Crippen LogP contribution < -0.4 is 9.64 Å². The molecule has 0 spiro atoms. The molecule has 0 unspecified atom stereocenters. The van der Waals surface area contributed by atoms with Crippen LogP contribution in [0.25, 0.3) is 0 Å². The van der Waals surface area contributed by atoms with Crippen LogP contribution in [0.3, 0.4) is 0 Å². The van der Waals surface area contributed by atoms with Crippen LogP contribution >= 0.6 is 0 Å². The number of anilines is 1. The Morgan fingerprint density at radius 1 is 1.04 bits per heavy atom. The minimum atomic E-state index is -0.420. The van der Waals surface area contributed by atoms with Crippen LogP contribution in [0.4, 0.5) is 5.69 Å². The number of fused-ring (bicyclic) bond motifs is 1. The standard InChI is InChI=1S/C22H23NO5/c1-16(24)17-8-10-19(11-9-17)27-14-4-7-22(26)28-15-21(25)23-13-12-18-5-2-3-6-20(18)23/h2-3,5-6,8-11H,4,7,12-15H2,1H3. The van der Waals surface area contributed by atoms with Gasteiger partial charge in [0.25, 0.3) is 5.91 Å². The third kappa shape index (κ3) is 4.97. The van der Waals surface area contributed by atoms with E-state index < -0.39 is 5.97 Å². The molecule has 2 aromatic carbocycles. The van der Waals surface area contributed by atoms with Gasteiger partial charge in [-0.05, 0) is 55.7 Å². The van der Waals surface area contributed by atoms with Gasteiger partial charge in [0.2, 0.25) is 0 Å². The van der Waals surface area contributed by atoms with Gasteiger partial charge in [0.1, 0.15) is 5.75 Å². The largest absolute Gasteiger partial charge is 0.494 e. The van der Waals surface area contributed by atoms with Crippen LogP contribution in [0.1, 0.15) is 35.7 Å². The van der Waals surface area contributed by atoms with Crippen LogP contribution in [0.5, 0.6) is 5.75 Å². The topological polar surface area (TPSA) is 72.9 Å². The van der Waals surface area contributed by atoms with Gasteiger partial charge in [0.15, 0.2) is 12.4 Å². The molecule has 0 aliphatic carbocycles. The summed E-state index contributed by atoms with van der Waals surface area (Å²) in [6.07, 6.45) is 1.48. The SMILES string of the molecule is CC(=O)c1ccc(OCCCC(=O)OCC(=O)N2CCc3ccccc32)cc1. The number of para-hydroxylation sites is 1. The minimum Gasteiger partial charge on any atom is -0.494 e. The molecule has 0 aromatic heterocycles. The summed E-state index contributed by atoms with van der Waals surface area (Å²) in [4.78, 5) is 37.0. The predicted octanol–water partition coefficient (Wildman–Crippen LogP) is 3.18. The molecule has 0 fully saturated rings. The van der Waals surface area contributed by atoms with E-state index in [2.05, 4.69) is 0 Å². The first kappa shape index (κ1) is 19.6. The van der Waals surface area contributed by atoms with Crippen molar-refractivity contribution in [2.75, 3.05) is 24.7 Å². The van der Waals surface area contributed by atoms with Gasteiger partial charge < -0.3 is 14.4 Å². The summed E-state index contributed by atoms with van der Waals surface area (Å²) in [5.41, 5.74) is 2.66. The molecule has 0 radical (unpaired) electrons. The second-order valence-electron chi connectivity index (χ2n) is 6.62. The van der Waals surface area contributed by atoms with E-state index in [1.54, 1.807) is 29.2 Å². The van der Waals surface area contributed by atoms with Gasteiger partial charge in [-0.2, -0.15) is 0 Å². The smallest absolute Gasteiger partial charge is 0.306 e. The first-order valence-corrected chi connectivity index (χ1v) is 9.32. The highest BCUT2D eigenvalue weighted by Gasteiger charge is 2.24. The maximum Gasteiger partial charge on any atom is 0.306 e. The summed E-state index contributed by atoms with van der Waals surface area (Å²) in [5, 5.41) is 0. The summed E-state index contributed by atoms with van der Waals surface area (Å²) in [6.45, 7) is 2.23. The zero-order valence-electron chi connectivity index (χ0n) is 15.8. The number of hydrogen-bond donors (Lipinski definition) is 0. The van der Waals surface area contributed by atoms with E-state index in [0.29, 0.717) is 30.9 Å². The van der Waals surface area contributed by atoms with Crippen molar-refractivity contribution in [3.05, 3.63) is 59.7 Å². The number of ketones is 1. The van der Waals surface area contributed by atoms with Crippen molar-refractivity contribution >= 4 is 23.3 Å². The average molecular weight is 381 g/mol. The lowest BCUT2D eigenvalue weighted by molar-refractivity contribution is -0.148. The highest BCUT2D eigenvalue weighted by Crippen LogP contribution is 2.27. The molecule has 6 heteroatoms. The van der Waals surface area contributed by atoms with Gasteiger partial charge in [0, 0.05) is 24.2 Å². The zero-order chi connectivity index (χ0) is 19.9. The van der Waals surface area contributed by atoms with E-state index in [9.17, 15) is 14.4 Å². The lowest BCUT2D eigenvalue weighted by Crippen LogP contribution is -2.33. The van der Waals surface area contributed by atoms with Crippen molar-refractivity contribution in [2.45, 2.75) is 26.2 Å². The second-order valence-corrected chi connectivity index (χ2v) is 6.62. The third-order valence-corrected chi connectivity index (χ3v) is 4.60. The van der Waals surface area contributed by atoms with Crippen molar-refractivity contribution in [1.82, 2.24) is 0 Å². The molecule has 1 amide bonds. The number of rotatable bonds is 8. The van der Waals surface area contributed by atoms with Gasteiger partial charge >= 0.3 is 5.97 Å². The first-order chi connectivity index (χ1) is 13.5. The minimum absolute atomic E-state index is 0.00117. The van der Waals surface area contributed by atoms with Crippen molar-refractivity contribution in [2.24, 2.45) is 0 Å². The number of nitrogens with zero attached hydrogens (tertiary/aromatic N) is 1. The molecule has 0 atom stereocenters. The van der Waals surface area contributed by atoms with Gasteiger partial charge in [0.05, 0.1) is 6.61 Å². The molecule has 146 valence electrons. The lowest BCUT2D eigenvalue weighted by Gasteiger charge is -2.17. The van der Waals surface area contributed by atoms with Crippen LogP contribution in [-0.2, 0) is 20.7 Å². The quantitative estimate of drug-likeness (QED) is 0.399. The van der Waals surface area contributed by atoms with E-state index in [0.717, 1.165) is 17.7 Å². The molecule has 0 saturated heterocycles. The first-order valence-electron chi connectivity index (χ1n) is 9.32. The van der Waals surface area contributed by atoms with Crippen LogP contribution in [0.15, 0.2) is 48.5 Å². The fourth-order valence-electron chi connectivity index (χ4n) is 3.08. The number of benzene rings is 2. The Morgan fingerprint density at radius 2 is 1.79 bits per heavy atom. The molecule has 6 nitrogen and oxygen atoms in total. The number of Topliss-reactive ketones (excluding diaryl/α,β-unsaturated/α-hetero) is 1. The highest BCUT2D eigenvalue weighted by atomic mass is 16.5. The summed E-state index contributed by atoms with van der Waals surface area (Å²) in [6, 6.07) is 14.6. The Labute approximate surface area is 164 Å². The fourth-order valence-corrected chi connectivity index (χ4v) is 3.08. The number of esters is 1. The molecule has 1 heterocycles. The Morgan fingerprint density at radius 3 is 2.54 bits per heavy atom. The van der Waals surface area contributed by atoms with Crippen molar-refractivity contribution in [3.8, 4) is 5.75 Å². The highest BCUT2D eigenvalue weighted by molar-refractivity contribution is 5.97. The number of carbonyl (C=O) groups is 3. The Kier molecular flexibility index (Phi) is 6.42. The van der Waals surface area contributed by atoms with E-state index in [1.807, 2.05) is 24.3 Å². The van der Waals surface area contributed by atoms with Crippen molar-refractivity contribution in [3.63, 3.8) is 0 Å². The molecule has 0 bridgehead atoms. The maximum absolute atomic E-state index is 12.3. The Hall–Kier alpha value is -3.15. The van der Waals surface area contributed by atoms with E-state index in [1.165, 1.54) is 6.92 Å². The molecule has 1 aliphatic heterocycles. The zero-order valence-corrected chi connectivity index (χ0v) is 15.8. The molecule has 3 rings (SSSR count). The average Bonchev–Trinajstić information content (AvgIpc) is 3.14. The van der Waals surface area contributed by atoms with Crippen LogP contribution in [0, 0.1) is 0 Å². The lowest BCUT2D eigenvalue weighted by atomic mass is 10.1. The molecule has 1 aliphatic rings. The summed E-state index contributed by atoms with van der Waals surface area (Å²) in [5.74, 6) is 0.0129. The molecule has 0 N–H and O–H groups in total. The van der Waals surface area contributed by atoms with Crippen molar-refractivity contribution < 1.29 is 23.9 Å². The number of carbonyl (C=O) groups excluding carboxylic acids is 3. The van der Waals surface area contributed by atoms with Gasteiger partial charge in [-0.15, -0.1) is 0 Å². The van der Waals surface area contributed by atoms with Crippen LogP contribution in [-0.4, -0.2) is 37.4 Å². The Balaban J connectivity index is 1.35. The molecule has 2 aromatic rings. The molecular weight excluding hydrogens is 358 g/mol. The van der Waals surface area contributed by atoms with Gasteiger partial charge in [-0.25, -0.2) is 0 Å². The van der Waals surface area contributed by atoms with Crippen molar-refractivity contribution in [1.29, 1.82) is 0 Å². The molecule has 0 saturated carbocycles. The van der Waals surface area contributed by atoms with E-state index in [-0.39, 0.29) is 24.7 Å². The van der Waals surface area contributed by atoms with Crippen LogP contribution in [0.2, 0.25) is 0 Å². The number of hydrogen-bond acceptors (Lipinski definition) is 5. The van der Waals surface area contributed by atoms with E-state index in [4.69, 9.17) is 9.47 Å². The summed E-state index contributed by atoms with van der Waals surface area (Å²) >= 11 is 0. The maximum atomic E-state index is 12.3. The second kappa shape index (κ2) is 9.17. The van der Waals surface area contributed by atoms with Gasteiger partial charge in [-0.3, -0.25) is 14.4 Å². The number of amides is 1. The molecular formula is C22H23NO5. The normalized spacial score (nSPS) is 12.4.